The Hall–Kier alpha value is -1.81. The summed E-state index contributed by atoms with van der Waals surface area (Å²) in [6.45, 7) is 6.32. The third kappa shape index (κ3) is 2.20. The van der Waals surface area contributed by atoms with Crippen LogP contribution < -0.4 is 0 Å². The van der Waals surface area contributed by atoms with E-state index in [1.165, 1.54) is 22.3 Å². The van der Waals surface area contributed by atoms with Crippen molar-refractivity contribution >= 4 is 27.0 Å². The van der Waals surface area contributed by atoms with Crippen molar-refractivity contribution in [2.45, 2.75) is 20.8 Å². The normalized spacial score (nSPS) is 11.0. The average Bonchev–Trinajstić information content (AvgIpc) is 2.39. The third-order valence-corrected chi connectivity index (χ3v) is 3.83. The average molecular weight is 328 g/mol. The van der Waals surface area contributed by atoms with E-state index in [-0.39, 0.29) is 0 Å². The molecule has 0 N–H and O–H groups in total. The number of aromatic nitrogens is 3. The predicted octanol–water partition coefficient (Wildman–Crippen LogP) is 4.38. The number of fused-ring (bicyclic) bond motifs is 1. The molecule has 4 heteroatoms. The van der Waals surface area contributed by atoms with Crippen LogP contribution in [0.2, 0.25) is 0 Å². The molecule has 0 radical (unpaired) electrons. The molecule has 1 aromatic heterocycles. The van der Waals surface area contributed by atoms with Gasteiger partial charge in [-0.2, -0.15) is 0 Å². The van der Waals surface area contributed by atoms with Gasteiger partial charge in [0.05, 0.1) is 5.52 Å². The molecule has 2 aromatic carbocycles. The van der Waals surface area contributed by atoms with Gasteiger partial charge in [-0.05, 0) is 76.7 Å². The summed E-state index contributed by atoms with van der Waals surface area (Å²) in [7, 11) is 0. The molecule has 3 nitrogen and oxygen atoms in total. The van der Waals surface area contributed by atoms with E-state index in [0.29, 0.717) is 4.73 Å². The molecular formula is C16H14BrN3. The van der Waals surface area contributed by atoms with E-state index in [1.54, 1.807) is 0 Å². The number of nitrogens with zero attached hydrogens (tertiary/aromatic N) is 3. The Morgan fingerprint density at radius 2 is 1.60 bits per heavy atom. The zero-order valence-corrected chi connectivity index (χ0v) is 13.2. The minimum atomic E-state index is 0.521. The van der Waals surface area contributed by atoms with Gasteiger partial charge >= 0.3 is 0 Å². The van der Waals surface area contributed by atoms with Crippen molar-refractivity contribution in [2.75, 3.05) is 0 Å². The fourth-order valence-corrected chi connectivity index (χ4v) is 2.86. The molecule has 0 aliphatic heterocycles. The number of hydrogen-bond donors (Lipinski definition) is 0. The van der Waals surface area contributed by atoms with Crippen LogP contribution in [-0.4, -0.2) is 15.2 Å². The summed E-state index contributed by atoms with van der Waals surface area (Å²) in [5.41, 5.74) is 7.79. The maximum Gasteiger partial charge on any atom is 0.218 e. The van der Waals surface area contributed by atoms with Crippen LogP contribution in [0.4, 0.5) is 0 Å². The second-order valence-corrected chi connectivity index (χ2v) is 5.72. The fourth-order valence-electron chi connectivity index (χ4n) is 2.61. The van der Waals surface area contributed by atoms with Crippen LogP contribution in [0.3, 0.4) is 0 Å². The van der Waals surface area contributed by atoms with Gasteiger partial charge in [0.25, 0.3) is 0 Å². The van der Waals surface area contributed by atoms with Gasteiger partial charge in [0.2, 0.25) is 4.73 Å². The van der Waals surface area contributed by atoms with Crippen molar-refractivity contribution in [3.8, 4) is 11.1 Å². The van der Waals surface area contributed by atoms with Gasteiger partial charge in [-0.1, -0.05) is 18.2 Å². The second kappa shape index (κ2) is 4.94. The Labute approximate surface area is 126 Å². The third-order valence-electron chi connectivity index (χ3n) is 3.49. The Balaban J connectivity index is 2.31. The van der Waals surface area contributed by atoms with Crippen molar-refractivity contribution in [1.82, 2.24) is 15.2 Å². The molecule has 0 atom stereocenters. The lowest BCUT2D eigenvalue weighted by molar-refractivity contribution is 0.982. The smallest absolute Gasteiger partial charge is 0.218 e. The minimum Gasteiger partial charge on any atom is -0.219 e. The first-order valence-electron chi connectivity index (χ1n) is 6.43. The van der Waals surface area contributed by atoms with Crippen LogP contribution in [0.1, 0.15) is 16.7 Å². The van der Waals surface area contributed by atoms with Gasteiger partial charge in [0, 0.05) is 0 Å². The minimum absolute atomic E-state index is 0.521. The van der Waals surface area contributed by atoms with Crippen LogP contribution >= 0.6 is 15.9 Å². The van der Waals surface area contributed by atoms with E-state index in [0.717, 1.165) is 16.6 Å². The zero-order valence-electron chi connectivity index (χ0n) is 11.6. The summed E-state index contributed by atoms with van der Waals surface area (Å²) in [4.78, 5) is 4.40. The molecule has 0 amide bonds. The molecule has 20 heavy (non-hydrogen) atoms. The van der Waals surface area contributed by atoms with E-state index < -0.39 is 0 Å². The first-order valence-corrected chi connectivity index (χ1v) is 7.23. The van der Waals surface area contributed by atoms with E-state index in [9.17, 15) is 0 Å². The van der Waals surface area contributed by atoms with Crippen LogP contribution in [0.5, 0.6) is 0 Å². The lowest BCUT2D eigenvalue weighted by Crippen LogP contribution is -1.95. The van der Waals surface area contributed by atoms with Gasteiger partial charge in [0.15, 0.2) is 0 Å². The summed E-state index contributed by atoms with van der Waals surface area (Å²) in [6, 6.07) is 10.6. The first-order chi connectivity index (χ1) is 9.56. The highest BCUT2D eigenvalue weighted by Crippen LogP contribution is 2.30. The van der Waals surface area contributed by atoms with Crippen molar-refractivity contribution in [2.24, 2.45) is 0 Å². The molecule has 0 saturated heterocycles. The summed E-state index contributed by atoms with van der Waals surface area (Å²) in [5, 5.41) is 8.21. The lowest BCUT2D eigenvalue weighted by Gasteiger charge is -2.11. The highest BCUT2D eigenvalue weighted by Gasteiger charge is 2.10. The molecular weight excluding hydrogens is 314 g/mol. The second-order valence-electron chi connectivity index (χ2n) is 5.01. The van der Waals surface area contributed by atoms with Crippen molar-refractivity contribution in [3.63, 3.8) is 0 Å². The van der Waals surface area contributed by atoms with Crippen LogP contribution in [0.15, 0.2) is 35.1 Å². The van der Waals surface area contributed by atoms with Gasteiger partial charge in [-0.3, -0.25) is 0 Å². The Morgan fingerprint density at radius 3 is 2.30 bits per heavy atom. The Kier molecular flexibility index (Phi) is 3.26. The van der Waals surface area contributed by atoms with Gasteiger partial charge in [0.1, 0.15) is 5.52 Å². The molecule has 0 bridgehead atoms. The number of hydrogen-bond acceptors (Lipinski definition) is 3. The highest BCUT2D eigenvalue weighted by molar-refractivity contribution is 9.10. The molecule has 0 unspecified atom stereocenters. The number of rotatable bonds is 1. The maximum absolute atomic E-state index is 4.40. The molecule has 1 heterocycles. The van der Waals surface area contributed by atoms with E-state index in [1.807, 2.05) is 0 Å². The lowest BCUT2D eigenvalue weighted by atomic mass is 9.94. The fraction of sp³-hybridized carbons (Fsp3) is 0.188. The van der Waals surface area contributed by atoms with E-state index in [2.05, 4.69) is 82.2 Å². The van der Waals surface area contributed by atoms with Crippen LogP contribution in [0, 0.1) is 20.8 Å². The largest absolute Gasteiger partial charge is 0.219 e. The maximum atomic E-state index is 4.40. The first kappa shape index (κ1) is 13.2. The molecule has 100 valence electrons. The van der Waals surface area contributed by atoms with Crippen molar-refractivity contribution < 1.29 is 0 Å². The highest BCUT2D eigenvalue weighted by atomic mass is 79.9. The molecule has 0 saturated carbocycles. The molecule has 0 fully saturated rings. The quantitative estimate of drug-likeness (QED) is 0.665. The molecule has 0 aliphatic rings. The topological polar surface area (TPSA) is 38.7 Å². The van der Waals surface area contributed by atoms with Crippen LogP contribution in [-0.2, 0) is 0 Å². The molecule has 3 aromatic rings. The predicted molar refractivity (Wildman–Crippen MR) is 84.7 cm³/mol. The van der Waals surface area contributed by atoms with E-state index >= 15 is 0 Å². The molecule has 0 aliphatic carbocycles. The van der Waals surface area contributed by atoms with Crippen LogP contribution in [0.25, 0.3) is 22.2 Å². The molecule has 3 rings (SSSR count). The van der Waals surface area contributed by atoms with Gasteiger partial charge in [-0.15, -0.1) is 10.2 Å². The zero-order chi connectivity index (χ0) is 14.3. The SMILES string of the molecule is Cc1cccc(C)c1-c1cc(C)c2nc(Br)nnc2c1. The summed E-state index contributed by atoms with van der Waals surface area (Å²) in [5.74, 6) is 0. The number of halogens is 1. The standard InChI is InChI=1S/C16H14BrN3/c1-9-5-4-6-10(2)14(9)12-7-11(3)15-13(8-12)19-20-16(17)18-15/h4-8H,1-3H3. The summed E-state index contributed by atoms with van der Waals surface area (Å²) < 4.78 is 0.521. The van der Waals surface area contributed by atoms with Gasteiger partial charge in [-0.25, -0.2) is 4.98 Å². The van der Waals surface area contributed by atoms with Gasteiger partial charge < -0.3 is 0 Å². The summed E-state index contributed by atoms with van der Waals surface area (Å²) >= 11 is 3.27. The monoisotopic (exact) mass is 327 g/mol. The van der Waals surface area contributed by atoms with E-state index in [4.69, 9.17) is 0 Å². The van der Waals surface area contributed by atoms with Crippen molar-refractivity contribution in [3.05, 3.63) is 51.8 Å². The summed E-state index contributed by atoms with van der Waals surface area (Å²) in [6.07, 6.45) is 0. The molecule has 0 spiro atoms. The van der Waals surface area contributed by atoms with Crippen molar-refractivity contribution in [1.29, 1.82) is 0 Å². The number of aryl methyl sites for hydroxylation is 3. The number of benzene rings is 2. The Bertz CT molecular complexity index is 792. The Morgan fingerprint density at radius 1 is 0.900 bits per heavy atom.